The minimum atomic E-state index is -6.86. The summed E-state index contributed by atoms with van der Waals surface area (Å²) in [4.78, 5) is 33.5. The van der Waals surface area contributed by atoms with Crippen molar-refractivity contribution in [2.24, 2.45) is 0 Å². The first-order valence-electron chi connectivity index (χ1n) is 9.89. The van der Waals surface area contributed by atoms with Gasteiger partial charge in [-0.05, 0) is 34.8 Å². The van der Waals surface area contributed by atoms with E-state index in [-0.39, 0.29) is 0 Å². The number of nitrogens with one attached hydrogen (secondary N) is 2. The van der Waals surface area contributed by atoms with Crippen LogP contribution in [0.2, 0.25) is 0 Å². The molecule has 0 fully saturated rings. The first kappa shape index (κ1) is 41.0. The first-order valence-corrected chi connectivity index (χ1v) is 11.0. The number of hydrogen-bond donors (Lipinski definition) is 2. The average molecular weight is 741 g/mol. The maximum Gasteiger partial charge on any atom is 0.395 e. The van der Waals surface area contributed by atoms with Crippen molar-refractivity contribution in [3.05, 3.63) is 0 Å². The second kappa shape index (κ2) is 12.4. The summed E-state index contributed by atoms with van der Waals surface area (Å²) >= 11 is 11.3. The molecule has 254 valence electrons. The lowest BCUT2D eigenvalue weighted by Gasteiger charge is -2.33. The molecular formula is C16H10Cl3F18N3O3. The van der Waals surface area contributed by atoms with Crippen LogP contribution in [0.1, 0.15) is 0 Å². The van der Waals surface area contributed by atoms with Crippen molar-refractivity contribution in [1.29, 1.82) is 0 Å². The van der Waals surface area contributed by atoms with Gasteiger partial charge in [-0.25, -0.2) is 0 Å². The lowest BCUT2D eigenvalue weighted by atomic mass is 10.1. The predicted molar refractivity (Wildman–Crippen MR) is 105 cm³/mol. The Morgan fingerprint density at radius 2 is 0.698 bits per heavy atom. The lowest BCUT2D eigenvalue weighted by Crippen LogP contribution is -2.62. The molecule has 0 aromatic heterocycles. The number of nitrogens with zero attached hydrogens (tertiary/aromatic N) is 1. The van der Waals surface area contributed by atoms with Crippen molar-refractivity contribution in [3.8, 4) is 0 Å². The zero-order valence-corrected chi connectivity index (χ0v) is 21.7. The third-order valence-corrected chi connectivity index (χ3v) is 5.42. The van der Waals surface area contributed by atoms with Crippen LogP contribution >= 0.6 is 34.8 Å². The molecule has 6 nitrogen and oxygen atoms in total. The van der Waals surface area contributed by atoms with E-state index in [0.717, 1.165) is 0 Å². The fourth-order valence-electron chi connectivity index (χ4n) is 2.30. The molecular weight excluding hydrogens is 731 g/mol. The number of hydrogen-bond acceptors (Lipinski definition) is 3. The molecule has 0 aliphatic heterocycles. The number of halogens is 21. The Balaban J connectivity index is 6.09. The minimum absolute atomic E-state index is 0.601. The molecule has 0 spiro atoms. The van der Waals surface area contributed by atoms with E-state index >= 15 is 0 Å². The van der Waals surface area contributed by atoms with Crippen LogP contribution in [0.4, 0.5) is 79.0 Å². The molecule has 27 heteroatoms. The van der Waals surface area contributed by atoms with Gasteiger partial charge in [-0.3, -0.25) is 14.4 Å². The Morgan fingerprint density at radius 3 is 0.930 bits per heavy atom. The Kier molecular flexibility index (Phi) is 11.9. The van der Waals surface area contributed by atoms with Gasteiger partial charge in [0.25, 0.3) is 17.7 Å². The number of carbonyl (C=O) groups excluding carboxylic acids is 3. The van der Waals surface area contributed by atoms with Gasteiger partial charge >= 0.3 is 51.7 Å². The van der Waals surface area contributed by atoms with E-state index in [4.69, 9.17) is 0 Å². The predicted octanol–water partition coefficient (Wildman–Crippen LogP) is 5.35. The highest BCUT2D eigenvalue weighted by atomic mass is 35.5. The summed E-state index contributed by atoms with van der Waals surface area (Å²) in [5.74, 6) is -50.2. The highest BCUT2D eigenvalue weighted by molar-refractivity contribution is 6.23. The van der Waals surface area contributed by atoms with Crippen LogP contribution in [0, 0.1) is 0 Å². The van der Waals surface area contributed by atoms with E-state index in [2.05, 4.69) is 34.8 Å². The highest BCUT2D eigenvalue weighted by Gasteiger charge is 2.77. The smallest absolute Gasteiger partial charge is 0.349 e. The van der Waals surface area contributed by atoms with Gasteiger partial charge in [0.15, 0.2) is 0 Å². The van der Waals surface area contributed by atoms with Crippen molar-refractivity contribution in [2.45, 2.75) is 51.7 Å². The van der Waals surface area contributed by atoms with E-state index in [0.29, 0.717) is 10.6 Å². The van der Waals surface area contributed by atoms with E-state index < -0.39 is 100 Å². The van der Waals surface area contributed by atoms with E-state index in [1.54, 1.807) is 0 Å². The van der Waals surface area contributed by atoms with Gasteiger partial charge in [-0.2, -0.15) is 79.0 Å². The summed E-state index contributed by atoms with van der Waals surface area (Å²) in [5, 5.41) is -17.3. The maximum absolute atomic E-state index is 14.0. The normalized spacial score (nSPS) is 14.8. The largest absolute Gasteiger partial charge is 0.395 e. The number of alkyl halides is 21. The van der Waals surface area contributed by atoms with Gasteiger partial charge in [-0.1, -0.05) is 0 Å². The molecule has 0 aromatic rings. The molecule has 0 unspecified atom stereocenters. The monoisotopic (exact) mass is 739 g/mol. The number of carbonyl (C=O) groups is 3. The second-order valence-electron chi connectivity index (χ2n) is 7.74. The molecule has 0 aromatic carbocycles. The van der Waals surface area contributed by atoms with Gasteiger partial charge < -0.3 is 15.5 Å². The molecule has 3 amide bonds. The molecule has 0 heterocycles. The van der Waals surface area contributed by atoms with Crippen molar-refractivity contribution in [1.82, 2.24) is 15.5 Å². The Labute approximate surface area is 239 Å². The van der Waals surface area contributed by atoms with Gasteiger partial charge in [0.2, 0.25) is 0 Å². The fraction of sp³-hybridized carbons (Fsp3) is 0.812. The summed E-state index contributed by atoms with van der Waals surface area (Å²) in [5.41, 5.74) is 0. The molecule has 2 N–H and O–H groups in total. The van der Waals surface area contributed by atoms with Crippen molar-refractivity contribution < 1.29 is 93.4 Å². The number of amides is 3. The zero-order chi connectivity index (χ0) is 35.1. The van der Waals surface area contributed by atoms with E-state index in [1.807, 2.05) is 0 Å². The van der Waals surface area contributed by atoms with Gasteiger partial charge in [0, 0.05) is 26.2 Å². The summed E-state index contributed by atoms with van der Waals surface area (Å²) in [6.45, 7) is -7.90. The van der Waals surface area contributed by atoms with Crippen molar-refractivity contribution >= 4 is 52.5 Å². The number of rotatable bonds is 15. The quantitative estimate of drug-likeness (QED) is 0.176. The van der Waals surface area contributed by atoms with Crippen LogP contribution in [0.25, 0.3) is 0 Å². The third-order valence-electron chi connectivity index (χ3n) is 4.71. The Bertz CT molecular complexity index is 987. The fourth-order valence-corrected chi connectivity index (χ4v) is 2.65. The maximum atomic E-state index is 14.0. The topological polar surface area (TPSA) is 78.5 Å². The molecule has 0 rings (SSSR count). The Morgan fingerprint density at radius 1 is 0.465 bits per heavy atom. The van der Waals surface area contributed by atoms with Crippen LogP contribution in [-0.2, 0) is 14.4 Å². The molecule has 0 radical (unpaired) electrons. The summed E-state index contributed by atoms with van der Waals surface area (Å²) in [7, 11) is 0. The third kappa shape index (κ3) is 7.82. The van der Waals surface area contributed by atoms with Crippen molar-refractivity contribution in [2.75, 3.05) is 26.2 Å². The van der Waals surface area contributed by atoms with Crippen LogP contribution in [0.3, 0.4) is 0 Å². The second-order valence-corrected chi connectivity index (χ2v) is 9.17. The minimum Gasteiger partial charge on any atom is -0.349 e. The molecule has 0 bridgehead atoms. The standard InChI is InChI=1S/C16H10Cl3F18N3O3/c17-14(32,33)11(26,27)8(20,21)5(41)38-1-3-40(7(43)10(24,25)13(30,31)16(19,36)37)4-2-39-6(42)9(22,23)12(28,29)15(18,34)35/h1-4H2,(H,38,41)(H,39,42). The summed E-state index contributed by atoms with van der Waals surface area (Å²) in [6.07, 6.45) is 0. The SMILES string of the molecule is O=C(NCCN(CCNC(=O)C(F)(F)C(F)(F)C(F)(F)Cl)C(=O)C(F)(F)C(F)(F)C(F)(F)Cl)C(F)(F)C(F)(F)C(F)(F)Cl. The van der Waals surface area contributed by atoms with Crippen LogP contribution in [-0.4, -0.2) is 100 Å². The Hall–Kier alpha value is -1.98. The summed E-state index contributed by atoms with van der Waals surface area (Å²) < 4.78 is 237. The summed E-state index contributed by atoms with van der Waals surface area (Å²) in [6, 6.07) is 0. The average Bonchev–Trinajstić information content (AvgIpc) is 2.79. The van der Waals surface area contributed by atoms with Gasteiger partial charge in [-0.15, -0.1) is 0 Å². The van der Waals surface area contributed by atoms with Crippen molar-refractivity contribution in [3.63, 3.8) is 0 Å². The molecule has 0 saturated carbocycles. The lowest BCUT2D eigenvalue weighted by molar-refractivity contribution is -0.273. The van der Waals surface area contributed by atoms with Crippen LogP contribution in [0.15, 0.2) is 0 Å². The van der Waals surface area contributed by atoms with Gasteiger partial charge in [0.1, 0.15) is 0 Å². The molecule has 0 saturated heterocycles. The molecule has 0 aliphatic carbocycles. The van der Waals surface area contributed by atoms with Gasteiger partial charge in [0.05, 0.1) is 0 Å². The molecule has 0 atom stereocenters. The molecule has 43 heavy (non-hydrogen) atoms. The molecule has 0 aliphatic rings. The van der Waals surface area contributed by atoms with E-state index in [9.17, 15) is 93.4 Å². The van der Waals surface area contributed by atoms with E-state index in [1.165, 1.54) is 0 Å². The first-order chi connectivity index (χ1) is 18.6. The van der Waals surface area contributed by atoms with Crippen LogP contribution in [0.5, 0.6) is 0 Å². The highest BCUT2D eigenvalue weighted by Crippen LogP contribution is 2.50. The van der Waals surface area contributed by atoms with Crippen LogP contribution < -0.4 is 10.6 Å². The zero-order valence-electron chi connectivity index (χ0n) is 19.4.